The maximum atomic E-state index is 14.2. The van der Waals surface area contributed by atoms with Crippen molar-refractivity contribution in [2.75, 3.05) is 0 Å². The molecule has 2 rings (SSSR count). The molecule has 2 aromatic carbocycles. The van der Waals surface area contributed by atoms with Crippen molar-refractivity contribution >= 4 is 12.9 Å². The van der Waals surface area contributed by atoms with Crippen LogP contribution >= 0.6 is 7.60 Å². The molecule has 3 nitrogen and oxygen atoms in total. The third-order valence-corrected chi connectivity index (χ3v) is 4.79. The minimum atomic E-state index is -4.75. The van der Waals surface area contributed by atoms with Crippen LogP contribution in [0.4, 0.5) is 17.6 Å². The van der Waals surface area contributed by atoms with E-state index in [-0.39, 0.29) is 17.8 Å². The maximum Gasteiger partial charge on any atom is 0.359 e. The molecular formula is C16H15F4O3P. The van der Waals surface area contributed by atoms with Gasteiger partial charge in [-0.15, -0.1) is 0 Å². The first-order valence-electron chi connectivity index (χ1n) is 6.93. The summed E-state index contributed by atoms with van der Waals surface area (Å²) in [5.74, 6) is -9.15. The van der Waals surface area contributed by atoms with Gasteiger partial charge in [0.1, 0.15) is 0 Å². The first-order valence-corrected chi connectivity index (χ1v) is 8.51. The largest absolute Gasteiger partial charge is 0.359 e. The highest BCUT2D eigenvalue weighted by atomic mass is 31.2. The van der Waals surface area contributed by atoms with Crippen LogP contribution in [0.15, 0.2) is 60.7 Å². The second kappa shape index (κ2) is 6.67. The quantitative estimate of drug-likeness (QED) is 0.606. The number of benzene rings is 2. The van der Waals surface area contributed by atoms with E-state index in [0.717, 1.165) is 12.1 Å². The average molecular weight is 362 g/mol. The van der Waals surface area contributed by atoms with Gasteiger partial charge in [-0.3, -0.25) is 9.09 Å². The van der Waals surface area contributed by atoms with Crippen molar-refractivity contribution in [3.8, 4) is 0 Å². The first-order chi connectivity index (χ1) is 11.1. The molecule has 2 aromatic rings. The molecule has 2 atom stereocenters. The first kappa shape index (κ1) is 18.6. The molecule has 0 spiro atoms. The van der Waals surface area contributed by atoms with E-state index in [4.69, 9.17) is 0 Å². The molecule has 0 saturated heterocycles. The fourth-order valence-corrected chi connectivity index (χ4v) is 3.22. The lowest BCUT2D eigenvalue weighted by Gasteiger charge is -2.32. The Kier molecular flexibility index (Phi) is 5.18. The van der Waals surface area contributed by atoms with E-state index in [1.807, 2.05) is 0 Å². The van der Waals surface area contributed by atoms with Crippen LogP contribution in [0.1, 0.15) is 18.6 Å². The Morgan fingerprint density at radius 1 is 0.958 bits per heavy atom. The summed E-state index contributed by atoms with van der Waals surface area (Å²) in [5.41, 5.74) is -0.325. The van der Waals surface area contributed by atoms with Crippen LogP contribution in [0.5, 0.6) is 0 Å². The molecule has 0 aromatic heterocycles. The van der Waals surface area contributed by atoms with Gasteiger partial charge in [-0.25, -0.2) is 8.78 Å². The summed E-state index contributed by atoms with van der Waals surface area (Å²) < 4.78 is 72.3. The van der Waals surface area contributed by atoms with Crippen LogP contribution in [0.3, 0.4) is 0 Å². The third kappa shape index (κ3) is 3.86. The highest BCUT2D eigenvalue weighted by molar-refractivity contribution is 7.61. The van der Waals surface area contributed by atoms with Gasteiger partial charge in [0.05, 0.1) is 5.30 Å². The Labute approximate surface area is 136 Å². The van der Waals surface area contributed by atoms with Crippen molar-refractivity contribution in [3.63, 3.8) is 0 Å². The second-order valence-corrected chi connectivity index (χ2v) is 7.03. The topological polar surface area (TPSA) is 46.5 Å². The van der Waals surface area contributed by atoms with Crippen LogP contribution in [0.2, 0.25) is 0 Å². The van der Waals surface area contributed by atoms with Crippen LogP contribution in [-0.2, 0) is 9.09 Å². The van der Waals surface area contributed by atoms with Gasteiger partial charge in [-0.1, -0.05) is 48.5 Å². The zero-order valence-electron chi connectivity index (χ0n) is 12.6. The van der Waals surface area contributed by atoms with Gasteiger partial charge in [0.15, 0.2) is 6.10 Å². The lowest BCUT2D eigenvalue weighted by Crippen LogP contribution is -2.44. The average Bonchev–Trinajstić information content (AvgIpc) is 2.53. The van der Waals surface area contributed by atoms with Crippen LogP contribution in [0.25, 0.3) is 0 Å². The van der Waals surface area contributed by atoms with Crippen molar-refractivity contribution in [1.82, 2.24) is 0 Å². The zero-order valence-corrected chi connectivity index (χ0v) is 13.5. The number of alkyl halides is 4. The summed E-state index contributed by atoms with van der Waals surface area (Å²) in [7, 11) is -4.75. The Bertz CT molecular complexity index is 717. The Morgan fingerprint density at radius 3 is 1.88 bits per heavy atom. The van der Waals surface area contributed by atoms with Gasteiger partial charge in [0.2, 0.25) is 0 Å². The predicted molar refractivity (Wildman–Crippen MR) is 81.7 cm³/mol. The molecular weight excluding hydrogens is 347 g/mol. The van der Waals surface area contributed by atoms with E-state index in [1.54, 1.807) is 6.07 Å². The summed E-state index contributed by atoms with van der Waals surface area (Å²) in [6.07, 6.45) is -2.59. The highest BCUT2D eigenvalue weighted by Gasteiger charge is 2.60. The second-order valence-electron chi connectivity index (χ2n) is 5.26. The molecule has 0 saturated carbocycles. The van der Waals surface area contributed by atoms with Gasteiger partial charge in [0, 0.05) is 6.92 Å². The van der Waals surface area contributed by atoms with Crippen molar-refractivity contribution in [3.05, 3.63) is 66.2 Å². The lowest BCUT2D eigenvalue weighted by atomic mass is 9.99. The number of rotatable bonds is 6. The van der Waals surface area contributed by atoms with E-state index in [1.165, 1.54) is 42.5 Å². The molecule has 24 heavy (non-hydrogen) atoms. The van der Waals surface area contributed by atoms with Gasteiger partial charge in [0.25, 0.3) is 0 Å². The Morgan fingerprint density at radius 2 is 1.42 bits per heavy atom. The molecule has 130 valence electrons. The van der Waals surface area contributed by atoms with Gasteiger partial charge in [-0.05, 0) is 17.7 Å². The molecule has 0 radical (unpaired) electrons. The smallest absolute Gasteiger partial charge is 0.321 e. The van der Waals surface area contributed by atoms with E-state index in [2.05, 4.69) is 4.52 Å². The van der Waals surface area contributed by atoms with Crippen molar-refractivity contribution in [2.24, 2.45) is 0 Å². The van der Waals surface area contributed by atoms with Gasteiger partial charge < -0.3 is 4.89 Å². The molecule has 0 bridgehead atoms. The van der Waals surface area contributed by atoms with E-state index in [0.29, 0.717) is 0 Å². The molecule has 0 aliphatic heterocycles. The van der Waals surface area contributed by atoms with E-state index in [9.17, 15) is 27.0 Å². The van der Waals surface area contributed by atoms with Gasteiger partial charge in [-0.2, -0.15) is 8.78 Å². The number of hydrogen-bond donors (Lipinski definition) is 1. The molecule has 0 amide bonds. The van der Waals surface area contributed by atoms with E-state index >= 15 is 0 Å². The zero-order chi connectivity index (χ0) is 18.0. The fraction of sp³-hybridized carbons (Fsp3) is 0.250. The Hall–Kier alpha value is -1.69. The lowest BCUT2D eigenvalue weighted by molar-refractivity contribution is -0.241. The standard InChI is InChI=1S/C16H15F4O3P/c1-15(17,18)16(19,20)14(12-8-4-2-5-9-12)23-24(21,22)13-10-6-3-7-11-13/h2-11,14H,1H3,(H,21,22). The summed E-state index contributed by atoms with van der Waals surface area (Å²) >= 11 is 0. The summed E-state index contributed by atoms with van der Waals surface area (Å²) in [5, 5.41) is -0.263. The minimum absolute atomic E-state index is 0.0388. The SMILES string of the molecule is CC(F)(F)C(F)(F)C(OP(=O)(O)c1ccccc1)c1ccccc1. The summed E-state index contributed by atoms with van der Waals surface area (Å²) in [6.45, 7) is 0.0388. The Balaban J connectivity index is 2.47. The normalized spacial score (nSPS) is 16.4. The summed E-state index contributed by atoms with van der Waals surface area (Å²) in [6, 6.07) is 13.2. The maximum absolute atomic E-state index is 14.2. The third-order valence-electron chi connectivity index (χ3n) is 3.35. The minimum Gasteiger partial charge on any atom is -0.321 e. The molecule has 0 aliphatic rings. The van der Waals surface area contributed by atoms with Crippen molar-refractivity contribution < 1.29 is 31.5 Å². The molecule has 8 heteroatoms. The predicted octanol–water partition coefficient (Wildman–Crippen LogP) is 4.55. The van der Waals surface area contributed by atoms with Gasteiger partial charge >= 0.3 is 19.4 Å². The monoisotopic (exact) mass is 362 g/mol. The number of hydrogen-bond acceptors (Lipinski definition) is 2. The van der Waals surface area contributed by atoms with E-state index < -0.39 is 25.5 Å². The molecule has 0 fully saturated rings. The van der Waals surface area contributed by atoms with Crippen LogP contribution < -0.4 is 5.30 Å². The summed E-state index contributed by atoms with van der Waals surface area (Å²) in [4.78, 5) is 10.0. The van der Waals surface area contributed by atoms with Crippen LogP contribution in [0, 0.1) is 0 Å². The van der Waals surface area contributed by atoms with Crippen molar-refractivity contribution in [2.45, 2.75) is 24.9 Å². The molecule has 0 heterocycles. The highest BCUT2D eigenvalue weighted by Crippen LogP contribution is 2.53. The molecule has 1 N–H and O–H groups in total. The van der Waals surface area contributed by atoms with Crippen molar-refractivity contribution in [1.29, 1.82) is 0 Å². The molecule has 0 aliphatic carbocycles. The fourth-order valence-electron chi connectivity index (χ4n) is 2.01. The number of halogens is 4. The molecule has 2 unspecified atom stereocenters. The van der Waals surface area contributed by atoms with Crippen LogP contribution in [-0.4, -0.2) is 16.7 Å².